The van der Waals surface area contributed by atoms with Crippen LogP contribution in [0.1, 0.15) is 15.9 Å². The summed E-state index contributed by atoms with van der Waals surface area (Å²) in [6.45, 7) is 0.210. The predicted octanol–water partition coefficient (Wildman–Crippen LogP) is 3.17. The Morgan fingerprint density at radius 1 is 1.04 bits per heavy atom. The van der Waals surface area contributed by atoms with Gasteiger partial charge in [-0.05, 0) is 64.9 Å². The van der Waals surface area contributed by atoms with E-state index in [-0.39, 0.29) is 12.5 Å². The van der Waals surface area contributed by atoms with Crippen LogP contribution < -0.4 is 9.47 Å². The van der Waals surface area contributed by atoms with Gasteiger partial charge in [-0.25, -0.2) is 4.79 Å². The first-order chi connectivity index (χ1) is 12.9. The van der Waals surface area contributed by atoms with Crippen molar-refractivity contribution in [2.24, 2.45) is 0 Å². The van der Waals surface area contributed by atoms with Crippen molar-refractivity contribution in [1.29, 1.82) is 0 Å². The standard InChI is InChI=1S/C20H22INO5/c1-22(10-9-14-7-8-17(25-2)18(11-14)26-3)19(23)13-27-20(24)15-5-4-6-16(21)12-15/h4-8,11-12H,9-10,13H2,1-3H3. The van der Waals surface area contributed by atoms with Crippen molar-refractivity contribution in [2.75, 3.05) is 34.4 Å². The quantitative estimate of drug-likeness (QED) is 0.427. The van der Waals surface area contributed by atoms with Crippen LogP contribution in [-0.2, 0) is 16.0 Å². The van der Waals surface area contributed by atoms with Crippen LogP contribution in [-0.4, -0.2) is 51.2 Å². The van der Waals surface area contributed by atoms with Crippen LogP contribution in [0.15, 0.2) is 42.5 Å². The SMILES string of the molecule is COc1ccc(CCN(C)C(=O)COC(=O)c2cccc(I)c2)cc1OC. The molecule has 0 fully saturated rings. The maximum absolute atomic E-state index is 12.2. The highest BCUT2D eigenvalue weighted by atomic mass is 127. The van der Waals surface area contributed by atoms with E-state index in [2.05, 4.69) is 22.6 Å². The first-order valence-electron chi connectivity index (χ1n) is 8.32. The zero-order valence-electron chi connectivity index (χ0n) is 15.5. The van der Waals surface area contributed by atoms with E-state index in [0.717, 1.165) is 9.13 Å². The summed E-state index contributed by atoms with van der Waals surface area (Å²) in [5, 5.41) is 0. The molecule has 0 N–H and O–H groups in total. The molecule has 0 saturated carbocycles. The second-order valence-corrected chi connectivity index (χ2v) is 7.09. The topological polar surface area (TPSA) is 65.1 Å². The van der Waals surface area contributed by atoms with E-state index in [0.29, 0.717) is 30.0 Å². The number of carbonyl (C=O) groups excluding carboxylic acids is 2. The molecule has 0 bridgehead atoms. The molecule has 144 valence electrons. The number of nitrogens with zero attached hydrogens (tertiary/aromatic N) is 1. The molecule has 0 aromatic heterocycles. The number of amides is 1. The first kappa shape index (κ1) is 21.0. The van der Waals surface area contributed by atoms with Crippen molar-refractivity contribution >= 4 is 34.5 Å². The van der Waals surface area contributed by atoms with Crippen molar-refractivity contribution in [1.82, 2.24) is 4.90 Å². The van der Waals surface area contributed by atoms with Crippen molar-refractivity contribution in [3.63, 3.8) is 0 Å². The van der Waals surface area contributed by atoms with Gasteiger partial charge in [-0.3, -0.25) is 4.79 Å². The molecular weight excluding hydrogens is 461 g/mol. The number of methoxy groups -OCH3 is 2. The molecule has 0 aliphatic rings. The molecule has 27 heavy (non-hydrogen) atoms. The summed E-state index contributed by atoms with van der Waals surface area (Å²) >= 11 is 2.12. The Morgan fingerprint density at radius 3 is 2.44 bits per heavy atom. The van der Waals surface area contributed by atoms with Crippen molar-refractivity contribution in [3.05, 3.63) is 57.2 Å². The molecule has 0 spiro atoms. The summed E-state index contributed by atoms with van der Waals surface area (Å²) in [5.41, 5.74) is 1.45. The van der Waals surface area contributed by atoms with Gasteiger partial charge < -0.3 is 19.1 Å². The van der Waals surface area contributed by atoms with Crippen LogP contribution >= 0.6 is 22.6 Å². The third-order valence-electron chi connectivity index (χ3n) is 4.00. The number of likely N-dealkylation sites (N-methyl/N-ethyl adjacent to an activating group) is 1. The second-order valence-electron chi connectivity index (χ2n) is 5.84. The van der Waals surface area contributed by atoms with Crippen LogP contribution in [0.25, 0.3) is 0 Å². The third kappa shape index (κ3) is 6.13. The van der Waals surface area contributed by atoms with Gasteiger partial charge in [0.05, 0.1) is 19.8 Å². The monoisotopic (exact) mass is 483 g/mol. The third-order valence-corrected chi connectivity index (χ3v) is 4.67. The molecule has 0 saturated heterocycles. The second kappa shape index (κ2) is 10.1. The van der Waals surface area contributed by atoms with E-state index in [1.165, 1.54) is 0 Å². The van der Waals surface area contributed by atoms with Crippen LogP contribution in [0.5, 0.6) is 11.5 Å². The minimum Gasteiger partial charge on any atom is -0.493 e. The van der Waals surface area contributed by atoms with E-state index >= 15 is 0 Å². The van der Waals surface area contributed by atoms with Gasteiger partial charge in [-0.1, -0.05) is 12.1 Å². The summed E-state index contributed by atoms with van der Waals surface area (Å²) in [7, 11) is 4.85. The van der Waals surface area contributed by atoms with E-state index in [4.69, 9.17) is 14.2 Å². The Balaban J connectivity index is 1.84. The highest BCUT2D eigenvalue weighted by Gasteiger charge is 2.14. The van der Waals surface area contributed by atoms with Crippen LogP contribution in [0.4, 0.5) is 0 Å². The van der Waals surface area contributed by atoms with E-state index in [1.54, 1.807) is 44.4 Å². The van der Waals surface area contributed by atoms with Gasteiger partial charge in [0, 0.05) is 17.2 Å². The number of benzene rings is 2. The van der Waals surface area contributed by atoms with Crippen LogP contribution in [0.2, 0.25) is 0 Å². The highest BCUT2D eigenvalue weighted by molar-refractivity contribution is 14.1. The Kier molecular flexibility index (Phi) is 7.90. The Bertz CT molecular complexity index is 809. The normalized spacial score (nSPS) is 10.2. The summed E-state index contributed by atoms with van der Waals surface area (Å²) in [6.07, 6.45) is 0.646. The number of carbonyl (C=O) groups is 2. The van der Waals surface area contributed by atoms with Gasteiger partial charge in [-0.2, -0.15) is 0 Å². The van der Waals surface area contributed by atoms with Gasteiger partial charge in [0.15, 0.2) is 18.1 Å². The fraction of sp³-hybridized carbons (Fsp3) is 0.300. The molecule has 0 aliphatic carbocycles. The zero-order chi connectivity index (χ0) is 19.8. The Labute approximate surface area is 172 Å². The lowest BCUT2D eigenvalue weighted by molar-refractivity contribution is -0.133. The van der Waals surface area contributed by atoms with Crippen molar-refractivity contribution < 1.29 is 23.8 Å². The largest absolute Gasteiger partial charge is 0.493 e. The zero-order valence-corrected chi connectivity index (χ0v) is 17.7. The number of halogens is 1. The van der Waals surface area contributed by atoms with Gasteiger partial charge in [0.25, 0.3) is 5.91 Å². The Morgan fingerprint density at radius 2 is 1.78 bits per heavy atom. The van der Waals surface area contributed by atoms with E-state index < -0.39 is 5.97 Å². The lowest BCUT2D eigenvalue weighted by Gasteiger charge is -2.17. The molecule has 2 aromatic carbocycles. The maximum Gasteiger partial charge on any atom is 0.338 e. The smallest absolute Gasteiger partial charge is 0.338 e. The van der Waals surface area contributed by atoms with Gasteiger partial charge in [0.2, 0.25) is 0 Å². The molecule has 6 nitrogen and oxygen atoms in total. The van der Waals surface area contributed by atoms with Crippen molar-refractivity contribution in [2.45, 2.75) is 6.42 Å². The average Bonchev–Trinajstić information content (AvgIpc) is 2.69. The molecule has 0 atom stereocenters. The number of hydrogen-bond donors (Lipinski definition) is 0. The average molecular weight is 483 g/mol. The molecule has 2 rings (SSSR count). The van der Waals surface area contributed by atoms with Gasteiger partial charge in [0.1, 0.15) is 0 Å². The van der Waals surface area contributed by atoms with E-state index in [9.17, 15) is 9.59 Å². The van der Waals surface area contributed by atoms with Gasteiger partial charge >= 0.3 is 5.97 Å². The molecule has 1 amide bonds. The fourth-order valence-corrected chi connectivity index (χ4v) is 2.94. The number of esters is 1. The minimum atomic E-state index is -0.504. The van der Waals surface area contributed by atoms with Crippen LogP contribution in [0, 0.1) is 3.57 Å². The first-order valence-corrected chi connectivity index (χ1v) is 9.40. The van der Waals surface area contributed by atoms with Gasteiger partial charge in [-0.15, -0.1) is 0 Å². The number of hydrogen-bond acceptors (Lipinski definition) is 5. The summed E-state index contributed by atoms with van der Waals surface area (Å²) in [5.74, 6) is 0.549. The summed E-state index contributed by atoms with van der Waals surface area (Å²) in [4.78, 5) is 25.7. The summed E-state index contributed by atoms with van der Waals surface area (Å²) in [6, 6.07) is 12.7. The molecule has 0 heterocycles. The number of rotatable bonds is 8. The predicted molar refractivity (Wildman–Crippen MR) is 110 cm³/mol. The fourth-order valence-electron chi connectivity index (χ4n) is 2.39. The maximum atomic E-state index is 12.2. The molecule has 7 heteroatoms. The van der Waals surface area contributed by atoms with E-state index in [1.807, 2.05) is 24.3 Å². The highest BCUT2D eigenvalue weighted by Crippen LogP contribution is 2.27. The lowest BCUT2D eigenvalue weighted by atomic mass is 10.1. The molecular formula is C20H22INO5. The molecule has 0 aliphatic heterocycles. The van der Waals surface area contributed by atoms with Crippen molar-refractivity contribution in [3.8, 4) is 11.5 Å². The number of ether oxygens (including phenoxy) is 3. The molecule has 0 radical (unpaired) electrons. The molecule has 0 unspecified atom stereocenters. The van der Waals surface area contributed by atoms with Crippen LogP contribution in [0.3, 0.4) is 0 Å². The Hall–Kier alpha value is -2.29. The summed E-state index contributed by atoms with van der Waals surface area (Å²) < 4.78 is 16.5. The lowest BCUT2D eigenvalue weighted by Crippen LogP contribution is -2.32. The minimum absolute atomic E-state index is 0.255. The molecule has 2 aromatic rings.